The quantitative estimate of drug-likeness (QED) is 0.755. The zero-order valence-electron chi connectivity index (χ0n) is 12.4. The van der Waals surface area contributed by atoms with Gasteiger partial charge in [-0.2, -0.15) is 10.2 Å². The molecule has 0 saturated carbocycles. The Labute approximate surface area is 143 Å². The minimum Gasteiger partial charge on any atom is -0.457 e. The van der Waals surface area contributed by atoms with Crippen molar-refractivity contribution in [2.75, 3.05) is 11.5 Å². The maximum atomic E-state index is 9.24. The molecular weight excluding hydrogens is 326 g/mol. The highest BCUT2D eigenvalue weighted by Gasteiger charge is 2.13. The highest BCUT2D eigenvalue weighted by molar-refractivity contribution is 6.30. The number of nitrogens with two attached hydrogens (primary N) is 2. The van der Waals surface area contributed by atoms with E-state index in [1.807, 2.05) is 6.07 Å². The molecule has 1 heterocycles. The van der Waals surface area contributed by atoms with Gasteiger partial charge in [0.1, 0.15) is 28.9 Å². The number of nitrogen functional groups attached to an aromatic ring is 2. The van der Waals surface area contributed by atoms with Crippen molar-refractivity contribution in [1.29, 1.82) is 5.26 Å². The summed E-state index contributed by atoms with van der Waals surface area (Å²) in [5, 5.41) is 9.88. The first-order chi connectivity index (χ1) is 11.6. The molecule has 118 valence electrons. The van der Waals surface area contributed by atoms with Crippen molar-refractivity contribution in [3.8, 4) is 28.8 Å². The van der Waals surface area contributed by atoms with Gasteiger partial charge in [-0.05, 0) is 48.5 Å². The Kier molecular flexibility index (Phi) is 4.18. The number of hydrogen-bond acceptors (Lipinski definition) is 6. The molecule has 0 radical (unpaired) electrons. The number of anilines is 2. The second-order valence-corrected chi connectivity index (χ2v) is 5.32. The Morgan fingerprint density at radius 1 is 0.917 bits per heavy atom. The molecule has 0 fully saturated rings. The smallest absolute Gasteiger partial charge is 0.222 e. The van der Waals surface area contributed by atoms with Crippen LogP contribution in [0, 0.1) is 11.3 Å². The largest absolute Gasteiger partial charge is 0.457 e. The van der Waals surface area contributed by atoms with E-state index in [4.69, 9.17) is 27.8 Å². The van der Waals surface area contributed by atoms with Gasteiger partial charge in [0, 0.05) is 10.6 Å². The van der Waals surface area contributed by atoms with E-state index in [1.165, 1.54) is 0 Å². The third-order valence-electron chi connectivity index (χ3n) is 3.24. The maximum Gasteiger partial charge on any atom is 0.222 e. The Balaban J connectivity index is 1.90. The highest BCUT2D eigenvalue weighted by atomic mass is 35.5. The van der Waals surface area contributed by atoms with Crippen molar-refractivity contribution in [1.82, 2.24) is 9.97 Å². The first kappa shape index (κ1) is 15.6. The third-order valence-corrected chi connectivity index (χ3v) is 3.50. The molecule has 2 aromatic carbocycles. The molecule has 0 aliphatic heterocycles. The fourth-order valence-corrected chi connectivity index (χ4v) is 2.26. The van der Waals surface area contributed by atoms with Gasteiger partial charge in [-0.15, -0.1) is 0 Å². The molecule has 0 aliphatic carbocycles. The lowest BCUT2D eigenvalue weighted by atomic mass is 10.1. The highest BCUT2D eigenvalue weighted by Crippen LogP contribution is 2.29. The van der Waals surface area contributed by atoms with E-state index in [1.54, 1.807) is 48.5 Å². The van der Waals surface area contributed by atoms with Gasteiger partial charge in [-0.3, -0.25) is 0 Å². The van der Waals surface area contributed by atoms with Gasteiger partial charge in [0.15, 0.2) is 0 Å². The van der Waals surface area contributed by atoms with Crippen LogP contribution in [0.25, 0.3) is 11.3 Å². The van der Waals surface area contributed by atoms with Crippen LogP contribution in [-0.2, 0) is 0 Å². The summed E-state index contributed by atoms with van der Waals surface area (Å²) in [5.41, 5.74) is 12.6. The second kappa shape index (κ2) is 6.44. The molecule has 0 saturated heterocycles. The van der Waals surface area contributed by atoms with Crippen LogP contribution in [0.15, 0.2) is 48.5 Å². The van der Waals surface area contributed by atoms with E-state index in [2.05, 4.69) is 9.97 Å². The average Bonchev–Trinajstić information content (AvgIpc) is 2.57. The van der Waals surface area contributed by atoms with Crippen molar-refractivity contribution in [2.24, 2.45) is 0 Å². The normalized spacial score (nSPS) is 10.2. The summed E-state index contributed by atoms with van der Waals surface area (Å²) < 4.78 is 5.72. The molecular formula is C17H12ClN5O. The molecule has 0 atom stereocenters. The van der Waals surface area contributed by atoms with E-state index in [0.29, 0.717) is 27.8 Å². The monoisotopic (exact) mass is 337 g/mol. The lowest BCUT2D eigenvalue weighted by molar-refractivity contribution is 0.483. The summed E-state index contributed by atoms with van der Waals surface area (Å²) in [4.78, 5) is 7.90. The van der Waals surface area contributed by atoms with Crippen molar-refractivity contribution >= 4 is 23.4 Å². The van der Waals surface area contributed by atoms with E-state index >= 15 is 0 Å². The second-order valence-electron chi connectivity index (χ2n) is 4.88. The molecule has 7 heteroatoms. The van der Waals surface area contributed by atoms with E-state index < -0.39 is 0 Å². The van der Waals surface area contributed by atoms with E-state index in [-0.39, 0.29) is 17.3 Å². The Hall–Kier alpha value is -3.30. The molecule has 0 aliphatic rings. The summed E-state index contributed by atoms with van der Waals surface area (Å²) in [5.74, 6) is 1.37. The van der Waals surface area contributed by atoms with Crippen LogP contribution in [0.2, 0.25) is 5.02 Å². The summed E-state index contributed by atoms with van der Waals surface area (Å²) in [7, 11) is 0. The molecule has 6 nitrogen and oxygen atoms in total. The van der Waals surface area contributed by atoms with Gasteiger partial charge in [0.25, 0.3) is 0 Å². The van der Waals surface area contributed by atoms with E-state index in [0.717, 1.165) is 0 Å². The van der Waals surface area contributed by atoms with Crippen molar-refractivity contribution in [2.45, 2.75) is 0 Å². The van der Waals surface area contributed by atoms with Gasteiger partial charge in [-0.1, -0.05) is 11.6 Å². The molecule has 4 N–H and O–H groups in total. The summed E-state index contributed by atoms with van der Waals surface area (Å²) >= 11 is 5.84. The molecule has 0 bridgehead atoms. The minimum absolute atomic E-state index is 0.0167. The lowest BCUT2D eigenvalue weighted by Gasteiger charge is -2.09. The summed E-state index contributed by atoms with van der Waals surface area (Å²) in [6, 6.07) is 16.1. The van der Waals surface area contributed by atoms with Crippen LogP contribution < -0.4 is 16.2 Å². The number of benzene rings is 2. The number of nitrogens with zero attached hydrogens (tertiary/aromatic N) is 3. The first-order valence-electron chi connectivity index (χ1n) is 6.94. The van der Waals surface area contributed by atoms with Crippen molar-refractivity contribution in [3.05, 3.63) is 59.1 Å². The van der Waals surface area contributed by atoms with Crippen LogP contribution in [0.1, 0.15) is 5.56 Å². The molecule has 24 heavy (non-hydrogen) atoms. The molecule has 0 spiro atoms. The van der Waals surface area contributed by atoms with Gasteiger partial charge in [0.2, 0.25) is 5.95 Å². The van der Waals surface area contributed by atoms with Crippen molar-refractivity contribution in [3.63, 3.8) is 0 Å². The van der Waals surface area contributed by atoms with Gasteiger partial charge in [-0.25, -0.2) is 4.98 Å². The number of aromatic nitrogens is 2. The number of hydrogen-bond donors (Lipinski definition) is 2. The number of halogens is 1. The van der Waals surface area contributed by atoms with Crippen LogP contribution in [-0.4, -0.2) is 9.97 Å². The predicted octanol–water partition coefficient (Wildman–Crippen LogP) is 3.63. The summed E-state index contributed by atoms with van der Waals surface area (Å²) in [6.07, 6.45) is 0. The molecule has 3 aromatic rings. The third kappa shape index (κ3) is 3.21. The van der Waals surface area contributed by atoms with Crippen molar-refractivity contribution < 1.29 is 4.74 Å². The van der Waals surface area contributed by atoms with Gasteiger partial charge < -0.3 is 16.2 Å². The molecule has 0 unspecified atom stereocenters. The van der Waals surface area contributed by atoms with Gasteiger partial charge >= 0.3 is 0 Å². The number of nitriles is 1. The van der Waals surface area contributed by atoms with E-state index in [9.17, 15) is 5.26 Å². The van der Waals surface area contributed by atoms with Crippen LogP contribution in [0.5, 0.6) is 11.5 Å². The standard InChI is InChI=1S/C17H12ClN5O/c18-11-3-7-13(8-4-11)24-12-5-1-10(2-6-12)15-14(9-19)16(20)23-17(21)22-15/h1-8H,(H4,20,21,22,23). The topological polar surface area (TPSA) is 111 Å². The number of rotatable bonds is 3. The Morgan fingerprint density at radius 2 is 1.50 bits per heavy atom. The fraction of sp³-hybridized carbons (Fsp3) is 0. The van der Waals surface area contributed by atoms with Crippen LogP contribution in [0.4, 0.5) is 11.8 Å². The van der Waals surface area contributed by atoms with Crippen LogP contribution >= 0.6 is 11.6 Å². The van der Waals surface area contributed by atoms with Gasteiger partial charge in [0.05, 0.1) is 5.69 Å². The minimum atomic E-state index is 0.0167. The Bertz CT molecular complexity index is 917. The fourth-order valence-electron chi connectivity index (χ4n) is 2.13. The summed E-state index contributed by atoms with van der Waals surface area (Å²) in [6.45, 7) is 0. The SMILES string of the molecule is N#Cc1c(N)nc(N)nc1-c1ccc(Oc2ccc(Cl)cc2)cc1. The zero-order chi connectivity index (χ0) is 17.1. The first-order valence-corrected chi connectivity index (χ1v) is 7.31. The van der Waals surface area contributed by atoms with Crippen LogP contribution in [0.3, 0.4) is 0 Å². The predicted molar refractivity (Wildman–Crippen MR) is 92.5 cm³/mol. The lowest BCUT2D eigenvalue weighted by Crippen LogP contribution is -2.04. The maximum absolute atomic E-state index is 9.24. The molecule has 1 aromatic heterocycles. The molecule has 0 amide bonds. The number of ether oxygens (including phenoxy) is 1. The average molecular weight is 338 g/mol. The Morgan fingerprint density at radius 3 is 2.08 bits per heavy atom. The molecule has 3 rings (SSSR count). The zero-order valence-corrected chi connectivity index (χ0v) is 13.2.